The van der Waals surface area contributed by atoms with Crippen molar-refractivity contribution >= 4 is 23.5 Å². The van der Waals surface area contributed by atoms with Crippen LogP contribution in [0.4, 0.5) is 0 Å². The van der Waals surface area contributed by atoms with Crippen LogP contribution in [0.25, 0.3) is 0 Å². The summed E-state index contributed by atoms with van der Waals surface area (Å²) in [5.41, 5.74) is 0.641. The van der Waals surface area contributed by atoms with Crippen LogP contribution in [0.15, 0.2) is 5.16 Å². The smallest absolute Gasteiger partial charge is 0.307 e. The number of aliphatic hydroxyl groups excluding tert-OH is 2. The van der Waals surface area contributed by atoms with Crippen molar-refractivity contribution in [3.63, 3.8) is 0 Å². The average molecular weight is 424 g/mol. The largest absolute Gasteiger partial charge is 0.466 e. The Kier molecular flexibility index (Phi) is 7.13. The number of oxime groups is 1. The number of hydrogen-bond donors (Lipinski definition) is 2. The third kappa shape index (κ3) is 4.37. The van der Waals surface area contributed by atoms with Crippen molar-refractivity contribution in [3.8, 4) is 0 Å². The van der Waals surface area contributed by atoms with Crippen LogP contribution < -0.4 is 0 Å². The van der Waals surface area contributed by atoms with Gasteiger partial charge in [-0.25, -0.2) is 0 Å². The zero-order valence-electron chi connectivity index (χ0n) is 17.8. The summed E-state index contributed by atoms with van der Waals surface area (Å²) in [6.07, 6.45) is -0.967. The Bertz CT molecular complexity index is 707. The van der Waals surface area contributed by atoms with E-state index in [2.05, 4.69) is 5.16 Å². The van der Waals surface area contributed by atoms with Crippen LogP contribution in [-0.2, 0) is 24.0 Å². The van der Waals surface area contributed by atoms with Crippen LogP contribution in [-0.4, -0.2) is 70.6 Å². The van der Waals surface area contributed by atoms with E-state index in [1.807, 2.05) is 13.8 Å². The number of amides is 2. The maximum absolute atomic E-state index is 13.1. The van der Waals surface area contributed by atoms with Crippen molar-refractivity contribution in [2.45, 2.75) is 58.7 Å². The van der Waals surface area contributed by atoms with E-state index in [4.69, 9.17) is 9.57 Å². The molecule has 2 N–H and O–H groups in total. The third-order valence-electron chi connectivity index (χ3n) is 6.31. The lowest BCUT2D eigenvalue weighted by atomic mass is 9.60. The molecule has 6 atom stereocenters. The molecule has 30 heavy (non-hydrogen) atoms. The molecule has 168 valence electrons. The van der Waals surface area contributed by atoms with Crippen LogP contribution in [0.2, 0.25) is 0 Å². The molecule has 0 unspecified atom stereocenters. The second-order valence-corrected chi connectivity index (χ2v) is 8.81. The Morgan fingerprint density at radius 2 is 1.90 bits per heavy atom. The number of hydrogen-bond acceptors (Lipinski definition) is 8. The lowest BCUT2D eigenvalue weighted by molar-refractivity contribution is -0.145. The molecule has 2 aliphatic carbocycles. The van der Waals surface area contributed by atoms with Gasteiger partial charge in [0, 0.05) is 24.8 Å². The first-order valence-electron chi connectivity index (χ1n) is 10.8. The fourth-order valence-electron chi connectivity index (χ4n) is 4.97. The number of nitrogens with zero attached hydrogens (tertiary/aromatic N) is 2. The number of carbonyl (C=O) groups is 3. The number of ether oxygens (including phenoxy) is 1. The van der Waals surface area contributed by atoms with Crippen LogP contribution in [0.3, 0.4) is 0 Å². The first-order valence-corrected chi connectivity index (χ1v) is 10.8. The second-order valence-electron chi connectivity index (χ2n) is 8.81. The molecule has 3 fully saturated rings. The van der Waals surface area contributed by atoms with Crippen LogP contribution in [0.5, 0.6) is 0 Å². The van der Waals surface area contributed by atoms with E-state index in [9.17, 15) is 24.6 Å². The van der Waals surface area contributed by atoms with Gasteiger partial charge in [-0.1, -0.05) is 19.0 Å². The predicted molar refractivity (Wildman–Crippen MR) is 106 cm³/mol. The zero-order chi connectivity index (χ0) is 22.0. The normalized spacial score (nSPS) is 34.9. The molecule has 1 saturated heterocycles. The molecule has 0 aromatic rings. The van der Waals surface area contributed by atoms with E-state index in [-0.39, 0.29) is 43.7 Å². The predicted octanol–water partition coefficient (Wildman–Crippen LogP) is 0.721. The number of fused-ring (bicyclic) bond motifs is 3. The Morgan fingerprint density at radius 1 is 1.20 bits per heavy atom. The quantitative estimate of drug-likeness (QED) is 0.350. The Morgan fingerprint density at radius 3 is 2.57 bits per heavy atom. The summed E-state index contributed by atoms with van der Waals surface area (Å²) in [5.74, 6) is -2.96. The van der Waals surface area contributed by atoms with E-state index in [0.717, 1.165) is 4.90 Å². The number of rotatable bonds is 7. The van der Waals surface area contributed by atoms with Crippen LogP contribution in [0, 0.1) is 29.6 Å². The second kappa shape index (κ2) is 9.43. The molecular weight excluding hydrogens is 392 g/mol. The van der Waals surface area contributed by atoms with Gasteiger partial charge in [0.05, 0.1) is 42.8 Å². The Hall–Kier alpha value is -2.00. The van der Waals surface area contributed by atoms with Gasteiger partial charge in [-0.2, -0.15) is 0 Å². The summed E-state index contributed by atoms with van der Waals surface area (Å²) < 4.78 is 4.89. The van der Waals surface area contributed by atoms with Crippen molar-refractivity contribution in [1.82, 2.24) is 4.90 Å². The number of aliphatic hydroxyl groups is 2. The summed E-state index contributed by atoms with van der Waals surface area (Å²) in [4.78, 5) is 44.2. The van der Waals surface area contributed by atoms with Gasteiger partial charge in [0.2, 0.25) is 11.8 Å². The molecular formula is C21H32N2O7. The molecule has 3 aliphatic rings. The summed E-state index contributed by atoms with van der Waals surface area (Å²) in [6.45, 7) is 6.34. The fraction of sp³-hybridized carbons (Fsp3) is 0.810. The molecule has 0 aromatic carbocycles. The first kappa shape index (κ1) is 22.7. The van der Waals surface area contributed by atoms with Gasteiger partial charge >= 0.3 is 5.97 Å². The van der Waals surface area contributed by atoms with Crippen molar-refractivity contribution in [1.29, 1.82) is 0 Å². The van der Waals surface area contributed by atoms with Crippen molar-refractivity contribution in [3.05, 3.63) is 0 Å². The Balaban J connectivity index is 1.79. The van der Waals surface area contributed by atoms with Gasteiger partial charge in [0.25, 0.3) is 0 Å². The number of esters is 1. The maximum Gasteiger partial charge on any atom is 0.307 e. The summed E-state index contributed by atoms with van der Waals surface area (Å²) >= 11 is 0. The summed E-state index contributed by atoms with van der Waals surface area (Å²) in [5, 5.41) is 25.4. The average Bonchev–Trinajstić information content (AvgIpc) is 2.94. The standard InChI is InChI=1S/C21H32N2O7/c1-4-29-16(25)7-8-23-20(27)13-6-5-12-14(22-30-10-11(2)3)9-15(24)19(26)17(12)18(13)21(23)28/h11-13,15,17-19,24,26H,4-10H2,1-3H3/b22-14+/t12-,13-,15-,17+,18-,19-/m1/s1. The highest BCUT2D eigenvalue weighted by Gasteiger charge is 2.59. The monoisotopic (exact) mass is 424 g/mol. The van der Waals surface area contributed by atoms with E-state index in [1.165, 1.54) is 0 Å². The molecule has 2 saturated carbocycles. The van der Waals surface area contributed by atoms with Crippen molar-refractivity contribution in [2.75, 3.05) is 19.8 Å². The molecule has 3 rings (SSSR count). The lowest BCUT2D eigenvalue weighted by Crippen LogP contribution is -2.54. The van der Waals surface area contributed by atoms with Crippen molar-refractivity contribution in [2.24, 2.45) is 34.7 Å². The Labute approximate surface area is 176 Å². The molecule has 0 spiro atoms. The van der Waals surface area contributed by atoms with E-state index in [1.54, 1.807) is 6.92 Å². The molecule has 2 amide bonds. The topological polar surface area (TPSA) is 126 Å². The van der Waals surface area contributed by atoms with Gasteiger partial charge < -0.3 is 19.8 Å². The molecule has 0 aromatic heterocycles. The number of likely N-dealkylation sites (tertiary alicyclic amines) is 1. The van der Waals surface area contributed by atoms with E-state index in [0.29, 0.717) is 31.1 Å². The molecule has 9 heteroatoms. The number of imide groups is 1. The highest BCUT2D eigenvalue weighted by Crippen LogP contribution is 2.49. The minimum atomic E-state index is -1.12. The van der Waals surface area contributed by atoms with Gasteiger partial charge in [0.1, 0.15) is 6.61 Å². The van der Waals surface area contributed by atoms with Gasteiger partial charge in [0.15, 0.2) is 0 Å². The maximum atomic E-state index is 13.1. The lowest BCUT2D eigenvalue weighted by Gasteiger charge is -2.45. The van der Waals surface area contributed by atoms with Crippen LogP contribution >= 0.6 is 0 Å². The zero-order valence-corrected chi connectivity index (χ0v) is 17.8. The SMILES string of the molecule is CCOC(=O)CCN1C(=O)[C@H]2[C@H]3[C@H](O)[C@H](O)C/C(=N\OCC(C)C)[C@H]3CC[C@H]2C1=O. The molecule has 1 heterocycles. The molecule has 0 radical (unpaired) electrons. The number of carbonyl (C=O) groups excluding carboxylic acids is 3. The summed E-state index contributed by atoms with van der Waals surface area (Å²) in [7, 11) is 0. The van der Waals surface area contributed by atoms with Gasteiger partial charge in [-0.15, -0.1) is 0 Å². The van der Waals surface area contributed by atoms with E-state index < -0.39 is 35.9 Å². The minimum Gasteiger partial charge on any atom is -0.466 e. The minimum absolute atomic E-state index is 0.0298. The highest BCUT2D eigenvalue weighted by atomic mass is 16.6. The molecule has 1 aliphatic heterocycles. The third-order valence-corrected chi connectivity index (χ3v) is 6.31. The first-order chi connectivity index (χ1) is 14.3. The molecule has 9 nitrogen and oxygen atoms in total. The van der Waals surface area contributed by atoms with Gasteiger partial charge in [-0.3, -0.25) is 19.3 Å². The van der Waals surface area contributed by atoms with E-state index >= 15 is 0 Å². The highest BCUT2D eigenvalue weighted by molar-refractivity contribution is 6.06. The van der Waals surface area contributed by atoms with Gasteiger partial charge in [-0.05, 0) is 25.7 Å². The van der Waals surface area contributed by atoms with Crippen molar-refractivity contribution < 1.29 is 34.2 Å². The summed E-state index contributed by atoms with van der Waals surface area (Å²) in [6, 6.07) is 0. The fourth-order valence-corrected chi connectivity index (χ4v) is 4.97. The van der Waals surface area contributed by atoms with Crippen LogP contribution in [0.1, 0.15) is 46.5 Å². The molecule has 0 bridgehead atoms.